The van der Waals surface area contributed by atoms with E-state index in [1.165, 1.54) is 39.3 Å². The van der Waals surface area contributed by atoms with E-state index >= 15 is 0 Å². The maximum Gasteiger partial charge on any atom is 0.0370 e. The maximum atomic E-state index is 3.64. The Labute approximate surface area is 97.9 Å². The molecule has 1 saturated heterocycles. The molecule has 0 spiro atoms. The van der Waals surface area contributed by atoms with Crippen molar-refractivity contribution >= 4 is 31.9 Å². The van der Waals surface area contributed by atoms with Crippen LogP contribution in [0.15, 0.2) is 0 Å². The van der Waals surface area contributed by atoms with Gasteiger partial charge >= 0.3 is 0 Å². The molecule has 0 bridgehead atoms. The third-order valence-electron chi connectivity index (χ3n) is 2.54. The first kappa shape index (κ1) is 12.0. The molecule has 13 heavy (non-hydrogen) atoms. The summed E-state index contributed by atoms with van der Waals surface area (Å²) < 4.78 is 0. The molecular weight excluding hydrogens is 296 g/mol. The molecule has 2 nitrogen and oxygen atoms in total. The highest BCUT2D eigenvalue weighted by molar-refractivity contribution is 9.12. The van der Waals surface area contributed by atoms with Gasteiger partial charge in [-0.05, 0) is 6.54 Å². The van der Waals surface area contributed by atoms with Gasteiger partial charge < -0.3 is 4.90 Å². The summed E-state index contributed by atoms with van der Waals surface area (Å²) in [5.41, 5.74) is 0. The van der Waals surface area contributed by atoms with Crippen LogP contribution in [0.2, 0.25) is 0 Å². The minimum Gasteiger partial charge on any atom is -0.301 e. The number of likely N-dealkylation sites (N-methyl/N-ethyl adjacent to an activating group) is 1. The molecule has 0 amide bonds. The predicted molar refractivity (Wildman–Crippen MR) is 65.1 cm³/mol. The van der Waals surface area contributed by atoms with Crippen LogP contribution < -0.4 is 0 Å². The van der Waals surface area contributed by atoms with E-state index in [1.54, 1.807) is 0 Å². The SMILES string of the molecule is CCN1CCN(CC(Br)CBr)CC1. The van der Waals surface area contributed by atoms with E-state index in [2.05, 4.69) is 48.6 Å². The fourth-order valence-electron chi connectivity index (χ4n) is 1.62. The van der Waals surface area contributed by atoms with Crippen molar-refractivity contribution in [2.24, 2.45) is 0 Å². The number of alkyl halides is 2. The second-order valence-electron chi connectivity index (χ2n) is 3.49. The Morgan fingerprint density at radius 3 is 2.15 bits per heavy atom. The van der Waals surface area contributed by atoms with Crippen LogP contribution in [0.25, 0.3) is 0 Å². The van der Waals surface area contributed by atoms with Crippen molar-refractivity contribution in [3.63, 3.8) is 0 Å². The van der Waals surface area contributed by atoms with Crippen LogP contribution in [0.1, 0.15) is 6.92 Å². The van der Waals surface area contributed by atoms with Crippen LogP contribution >= 0.6 is 31.9 Å². The van der Waals surface area contributed by atoms with E-state index in [-0.39, 0.29) is 0 Å². The van der Waals surface area contributed by atoms with Crippen LogP contribution in [0.3, 0.4) is 0 Å². The summed E-state index contributed by atoms with van der Waals surface area (Å²) in [4.78, 5) is 5.64. The normalized spacial score (nSPS) is 23.3. The van der Waals surface area contributed by atoms with Gasteiger partial charge in [-0.25, -0.2) is 0 Å². The minimum atomic E-state index is 0.598. The maximum absolute atomic E-state index is 3.64. The summed E-state index contributed by atoms with van der Waals surface area (Å²) in [6, 6.07) is 0. The highest BCUT2D eigenvalue weighted by Crippen LogP contribution is 2.08. The third kappa shape index (κ3) is 4.28. The molecule has 0 aliphatic carbocycles. The molecule has 4 heteroatoms. The summed E-state index contributed by atoms with van der Waals surface area (Å²) in [6.45, 7) is 9.52. The Bertz CT molecular complexity index is 136. The summed E-state index contributed by atoms with van der Waals surface area (Å²) in [5.74, 6) is 0. The lowest BCUT2D eigenvalue weighted by atomic mass is 10.3. The molecule has 0 aromatic rings. The first-order valence-electron chi connectivity index (χ1n) is 4.91. The average molecular weight is 314 g/mol. The molecule has 1 aliphatic rings. The van der Waals surface area contributed by atoms with Gasteiger partial charge in [0.15, 0.2) is 0 Å². The van der Waals surface area contributed by atoms with E-state index in [4.69, 9.17) is 0 Å². The molecule has 78 valence electrons. The Hall–Kier alpha value is 0.880. The zero-order valence-electron chi connectivity index (χ0n) is 8.18. The highest BCUT2D eigenvalue weighted by Gasteiger charge is 2.17. The van der Waals surface area contributed by atoms with Gasteiger partial charge in [-0.15, -0.1) is 0 Å². The van der Waals surface area contributed by atoms with Crippen molar-refractivity contribution in [3.8, 4) is 0 Å². The first-order chi connectivity index (χ1) is 6.26. The number of piperazine rings is 1. The van der Waals surface area contributed by atoms with Crippen molar-refractivity contribution < 1.29 is 0 Å². The van der Waals surface area contributed by atoms with Gasteiger partial charge in [0.25, 0.3) is 0 Å². The van der Waals surface area contributed by atoms with Crippen molar-refractivity contribution in [3.05, 3.63) is 0 Å². The number of hydrogen-bond acceptors (Lipinski definition) is 2. The molecule has 0 aromatic heterocycles. The van der Waals surface area contributed by atoms with Crippen LogP contribution in [0.5, 0.6) is 0 Å². The van der Waals surface area contributed by atoms with E-state index in [1.807, 2.05) is 0 Å². The summed E-state index contributed by atoms with van der Waals surface area (Å²) in [5, 5.41) is 1.04. The first-order valence-corrected chi connectivity index (χ1v) is 6.94. The Morgan fingerprint density at radius 1 is 1.15 bits per heavy atom. The largest absolute Gasteiger partial charge is 0.301 e. The molecule has 1 heterocycles. The van der Waals surface area contributed by atoms with Gasteiger partial charge in [0.05, 0.1) is 0 Å². The molecular formula is C9H18Br2N2. The third-order valence-corrected chi connectivity index (χ3v) is 4.80. The van der Waals surface area contributed by atoms with E-state index in [0.29, 0.717) is 4.83 Å². The van der Waals surface area contributed by atoms with Crippen molar-refractivity contribution in [1.82, 2.24) is 9.80 Å². The van der Waals surface area contributed by atoms with Crippen LogP contribution in [-0.2, 0) is 0 Å². The average Bonchev–Trinajstić information content (AvgIpc) is 2.19. The zero-order chi connectivity index (χ0) is 9.68. The zero-order valence-corrected chi connectivity index (χ0v) is 11.3. The van der Waals surface area contributed by atoms with Gasteiger partial charge in [0.1, 0.15) is 0 Å². The summed E-state index contributed by atoms with van der Waals surface area (Å²) in [6.07, 6.45) is 0. The van der Waals surface area contributed by atoms with Gasteiger partial charge in [-0.2, -0.15) is 0 Å². The fourth-order valence-corrected chi connectivity index (χ4v) is 2.23. The standard InChI is InChI=1S/C9H18Br2N2/c1-2-12-3-5-13(6-4-12)8-9(11)7-10/h9H,2-8H2,1H3. The molecule has 0 radical (unpaired) electrons. The Balaban J connectivity index is 2.17. The lowest BCUT2D eigenvalue weighted by Gasteiger charge is -2.34. The van der Waals surface area contributed by atoms with E-state index in [9.17, 15) is 0 Å². The number of rotatable bonds is 4. The molecule has 1 unspecified atom stereocenters. The number of halogens is 2. The quantitative estimate of drug-likeness (QED) is 0.730. The van der Waals surface area contributed by atoms with Crippen LogP contribution in [-0.4, -0.2) is 59.2 Å². The molecule has 1 atom stereocenters. The van der Waals surface area contributed by atoms with E-state index < -0.39 is 0 Å². The van der Waals surface area contributed by atoms with Crippen molar-refractivity contribution in [2.45, 2.75) is 11.8 Å². The minimum absolute atomic E-state index is 0.598. The second-order valence-corrected chi connectivity index (χ2v) is 5.43. The Kier molecular flexibility index (Phi) is 5.87. The molecule has 0 aromatic carbocycles. The van der Waals surface area contributed by atoms with Crippen LogP contribution in [0.4, 0.5) is 0 Å². The predicted octanol–water partition coefficient (Wildman–Crippen LogP) is 1.78. The van der Waals surface area contributed by atoms with Gasteiger partial charge in [0, 0.05) is 42.9 Å². The lowest BCUT2D eigenvalue weighted by molar-refractivity contribution is 0.139. The molecule has 0 N–H and O–H groups in total. The lowest BCUT2D eigenvalue weighted by Crippen LogP contribution is -2.47. The highest BCUT2D eigenvalue weighted by atomic mass is 79.9. The molecule has 1 rings (SSSR count). The summed E-state index contributed by atoms with van der Waals surface area (Å²) >= 11 is 7.13. The monoisotopic (exact) mass is 312 g/mol. The van der Waals surface area contributed by atoms with Crippen LogP contribution in [0, 0.1) is 0 Å². The second kappa shape index (κ2) is 6.38. The van der Waals surface area contributed by atoms with E-state index in [0.717, 1.165) is 5.33 Å². The van der Waals surface area contributed by atoms with Crippen molar-refractivity contribution in [2.75, 3.05) is 44.6 Å². The molecule has 0 saturated carbocycles. The smallest absolute Gasteiger partial charge is 0.0370 e. The van der Waals surface area contributed by atoms with Gasteiger partial charge in [-0.3, -0.25) is 4.90 Å². The Morgan fingerprint density at radius 2 is 1.69 bits per heavy atom. The number of hydrogen-bond donors (Lipinski definition) is 0. The number of nitrogens with zero attached hydrogens (tertiary/aromatic N) is 2. The topological polar surface area (TPSA) is 6.48 Å². The molecule has 1 aliphatic heterocycles. The van der Waals surface area contributed by atoms with Crippen molar-refractivity contribution in [1.29, 1.82) is 0 Å². The van der Waals surface area contributed by atoms with Gasteiger partial charge in [0.2, 0.25) is 0 Å². The van der Waals surface area contributed by atoms with Gasteiger partial charge in [-0.1, -0.05) is 38.8 Å². The summed E-state index contributed by atoms with van der Waals surface area (Å²) in [7, 11) is 0. The molecule has 1 fully saturated rings. The fraction of sp³-hybridized carbons (Fsp3) is 1.00.